The minimum absolute atomic E-state index is 0.0155. The number of carbonyl (C=O) groups is 2. The maximum atomic E-state index is 12.6. The molecule has 1 aromatic rings. The van der Waals surface area contributed by atoms with Gasteiger partial charge < -0.3 is 10.2 Å². The van der Waals surface area contributed by atoms with Crippen LogP contribution in [-0.2, 0) is 15.0 Å². The minimum Gasteiger partial charge on any atom is -0.353 e. The zero-order valence-electron chi connectivity index (χ0n) is 13.8. The Labute approximate surface area is 147 Å². The Morgan fingerprint density at radius 3 is 2.50 bits per heavy atom. The summed E-state index contributed by atoms with van der Waals surface area (Å²) < 4.78 is 0. The highest BCUT2D eigenvalue weighted by Gasteiger charge is 2.46. The molecule has 4 nitrogen and oxygen atoms in total. The molecule has 4 rings (SSSR count). The van der Waals surface area contributed by atoms with Crippen LogP contribution >= 0.6 is 11.6 Å². The van der Waals surface area contributed by atoms with E-state index in [4.69, 9.17) is 11.6 Å². The van der Waals surface area contributed by atoms with E-state index in [0.717, 1.165) is 50.1 Å². The van der Waals surface area contributed by atoms with Crippen LogP contribution in [0.15, 0.2) is 24.3 Å². The van der Waals surface area contributed by atoms with Gasteiger partial charge in [0, 0.05) is 29.4 Å². The number of amides is 2. The summed E-state index contributed by atoms with van der Waals surface area (Å²) in [6, 6.07) is 7.66. The zero-order chi connectivity index (χ0) is 16.7. The largest absolute Gasteiger partial charge is 0.353 e. The number of nitrogens with one attached hydrogen (secondary N) is 1. The van der Waals surface area contributed by atoms with E-state index < -0.39 is 0 Å². The molecule has 3 fully saturated rings. The van der Waals surface area contributed by atoms with E-state index >= 15 is 0 Å². The summed E-state index contributed by atoms with van der Waals surface area (Å²) >= 11 is 5.96. The molecular weight excluding hydrogens is 324 g/mol. The molecular formula is C19H23ClN2O2. The van der Waals surface area contributed by atoms with Crippen molar-refractivity contribution in [3.05, 3.63) is 34.9 Å². The molecule has 0 spiro atoms. The van der Waals surface area contributed by atoms with Crippen molar-refractivity contribution in [3.63, 3.8) is 0 Å². The van der Waals surface area contributed by atoms with Crippen molar-refractivity contribution in [2.45, 2.75) is 50.0 Å². The second-order valence-corrected chi connectivity index (χ2v) is 7.91. The quantitative estimate of drug-likeness (QED) is 0.891. The van der Waals surface area contributed by atoms with Crippen molar-refractivity contribution in [1.29, 1.82) is 0 Å². The first kappa shape index (κ1) is 15.9. The van der Waals surface area contributed by atoms with Gasteiger partial charge in [0.25, 0.3) is 0 Å². The van der Waals surface area contributed by atoms with Gasteiger partial charge in [-0.2, -0.15) is 0 Å². The summed E-state index contributed by atoms with van der Waals surface area (Å²) in [6.45, 7) is 1.38. The smallest absolute Gasteiger partial charge is 0.242 e. The van der Waals surface area contributed by atoms with E-state index in [9.17, 15) is 9.59 Å². The van der Waals surface area contributed by atoms with Crippen molar-refractivity contribution < 1.29 is 9.59 Å². The fourth-order valence-electron chi connectivity index (χ4n) is 3.76. The molecule has 0 aromatic heterocycles. The maximum Gasteiger partial charge on any atom is 0.242 e. The average Bonchev–Trinajstić information content (AvgIpc) is 3.51. The first-order valence-corrected chi connectivity index (χ1v) is 9.31. The lowest BCUT2D eigenvalue weighted by molar-refractivity contribution is -0.139. The highest BCUT2D eigenvalue weighted by atomic mass is 35.5. The molecule has 1 atom stereocenters. The lowest BCUT2D eigenvalue weighted by Crippen LogP contribution is -2.48. The monoisotopic (exact) mass is 346 g/mol. The van der Waals surface area contributed by atoms with Crippen LogP contribution in [0.25, 0.3) is 0 Å². The highest BCUT2D eigenvalue weighted by molar-refractivity contribution is 6.30. The van der Waals surface area contributed by atoms with Gasteiger partial charge in [-0.1, -0.05) is 23.7 Å². The summed E-state index contributed by atoms with van der Waals surface area (Å²) in [6.07, 6.45) is 5.87. The van der Waals surface area contributed by atoms with Gasteiger partial charge in [0.15, 0.2) is 0 Å². The first-order chi connectivity index (χ1) is 11.6. The minimum atomic E-state index is -0.265. The van der Waals surface area contributed by atoms with E-state index in [1.54, 1.807) is 0 Å². The van der Waals surface area contributed by atoms with Crippen LogP contribution in [0.1, 0.15) is 44.1 Å². The van der Waals surface area contributed by atoms with Crippen LogP contribution in [-0.4, -0.2) is 35.8 Å². The predicted octanol–water partition coefficient (Wildman–Crippen LogP) is 2.89. The van der Waals surface area contributed by atoms with Crippen molar-refractivity contribution >= 4 is 23.4 Å². The molecule has 128 valence electrons. The normalized spacial score (nSPS) is 24.7. The second kappa shape index (κ2) is 6.07. The van der Waals surface area contributed by atoms with E-state index in [1.165, 1.54) is 5.56 Å². The fraction of sp³-hybridized carbons (Fsp3) is 0.579. The number of carbonyl (C=O) groups excluding carboxylic acids is 2. The molecule has 1 saturated heterocycles. The van der Waals surface area contributed by atoms with E-state index in [-0.39, 0.29) is 29.2 Å². The molecule has 3 aliphatic rings. The molecule has 1 aliphatic heterocycles. The standard InChI is InChI=1S/C19H23ClN2O2/c20-15-7-5-14(6-8-15)19(9-10-19)12-21-17(23)16-2-1-11-22(16)18(24)13-3-4-13/h5-8,13,16H,1-4,9-12H2,(H,21,23). The summed E-state index contributed by atoms with van der Waals surface area (Å²) in [5.41, 5.74) is 1.30. The third kappa shape index (κ3) is 3.04. The number of rotatable bonds is 5. The van der Waals surface area contributed by atoms with Crippen LogP contribution < -0.4 is 5.32 Å². The topological polar surface area (TPSA) is 49.4 Å². The van der Waals surface area contributed by atoms with Gasteiger partial charge in [-0.15, -0.1) is 0 Å². The summed E-state index contributed by atoms with van der Waals surface area (Å²) in [5.74, 6) is 0.385. The first-order valence-electron chi connectivity index (χ1n) is 8.93. The van der Waals surface area contributed by atoms with E-state index in [2.05, 4.69) is 17.4 Å². The Hall–Kier alpha value is -1.55. The Morgan fingerprint density at radius 1 is 1.17 bits per heavy atom. The molecule has 0 radical (unpaired) electrons. The van der Waals surface area contributed by atoms with Crippen molar-refractivity contribution in [1.82, 2.24) is 10.2 Å². The molecule has 1 N–H and O–H groups in total. The number of likely N-dealkylation sites (tertiary alicyclic amines) is 1. The van der Waals surface area contributed by atoms with Crippen molar-refractivity contribution in [2.24, 2.45) is 5.92 Å². The summed E-state index contributed by atoms with van der Waals surface area (Å²) in [7, 11) is 0. The SMILES string of the molecule is O=C(NCC1(c2ccc(Cl)cc2)CC1)C1CCCN1C(=O)C1CC1. The van der Waals surface area contributed by atoms with Crippen LogP contribution in [0.4, 0.5) is 0 Å². The molecule has 2 aliphatic carbocycles. The van der Waals surface area contributed by atoms with Gasteiger partial charge >= 0.3 is 0 Å². The van der Waals surface area contributed by atoms with Gasteiger partial charge in [0.05, 0.1) is 0 Å². The Balaban J connectivity index is 1.37. The van der Waals surface area contributed by atoms with E-state index in [1.807, 2.05) is 17.0 Å². The molecule has 1 aromatic carbocycles. The number of nitrogens with zero attached hydrogens (tertiary/aromatic N) is 1. The Morgan fingerprint density at radius 2 is 1.88 bits per heavy atom. The number of benzene rings is 1. The lowest BCUT2D eigenvalue weighted by Gasteiger charge is -2.25. The van der Waals surface area contributed by atoms with Crippen LogP contribution in [0, 0.1) is 5.92 Å². The molecule has 2 amide bonds. The van der Waals surface area contributed by atoms with Gasteiger partial charge in [0.2, 0.25) is 11.8 Å². The van der Waals surface area contributed by atoms with Crippen LogP contribution in [0.2, 0.25) is 5.02 Å². The summed E-state index contributed by atoms with van der Waals surface area (Å²) in [4.78, 5) is 26.8. The van der Waals surface area contributed by atoms with Crippen molar-refractivity contribution in [3.8, 4) is 0 Å². The zero-order valence-corrected chi connectivity index (χ0v) is 14.5. The van der Waals surface area contributed by atoms with Gasteiger partial charge in [-0.3, -0.25) is 9.59 Å². The highest BCUT2D eigenvalue weighted by Crippen LogP contribution is 2.47. The Kier molecular flexibility index (Phi) is 4.03. The maximum absolute atomic E-state index is 12.6. The molecule has 2 saturated carbocycles. The number of hydrogen-bond donors (Lipinski definition) is 1. The third-order valence-electron chi connectivity index (χ3n) is 5.68. The van der Waals surface area contributed by atoms with E-state index in [0.29, 0.717) is 6.54 Å². The molecule has 1 unspecified atom stereocenters. The van der Waals surface area contributed by atoms with Gasteiger partial charge in [0.1, 0.15) is 6.04 Å². The third-order valence-corrected chi connectivity index (χ3v) is 5.93. The molecule has 1 heterocycles. The van der Waals surface area contributed by atoms with Crippen LogP contribution in [0.3, 0.4) is 0 Å². The summed E-state index contributed by atoms with van der Waals surface area (Å²) in [5, 5.41) is 3.85. The van der Waals surface area contributed by atoms with Gasteiger partial charge in [-0.05, 0) is 56.2 Å². The Bertz CT molecular complexity index is 650. The second-order valence-electron chi connectivity index (χ2n) is 7.47. The predicted molar refractivity (Wildman–Crippen MR) is 92.8 cm³/mol. The number of halogens is 1. The molecule has 0 bridgehead atoms. The van der Waals surface area contributed by atoms with Crippen LogP contribution in [0.5, 0.6) is 0 Å². The van der Waals surface area contributed by atoms with Crippen molar-refractivity contribution in [2.75, 3.05) is 13.1 Å². The lowest BCUT2D eigenvalue weighted by atomic mass is 9.96. The van der Waals surface area contributed by atoms with Gasteiger partial charge in [-0.25, -0.2) is 0 Å². The average molecular weight is 347 g/mol. The fourth-order valence-corrected chi connectivity index (χ4v) is 3.89. The molecule has 5 heteroatoms. The number of hydrogen-bond acceptors (Lipinski definition) is 2. The molecule has 24 heavy (non-hydrogen) atoms.